The fraction of sp³-hybridized carbons (Fsp3) is 0.436. The number of fused-ring (bicyclic) bond motifs is 3. The highest BCUT2D eigenvalue weighted by Crippen LogP contribution is 2.44. The second kappa shape index (κ2) is 18.5. The van der Waals surface area contributed by atoms with Gasteiger partial charge in [0.15, 0.2) is 5.78 Å². The highest BCUT2D eigenvalue weighted by Gasteiger charge is 2.38. The molecule has 2 aliphatic rings. The van der Waals surface area contributed by atoms with E-state index in [1.54, 1.807) is 19.2 Å². The first-order chi connectivity index (χ1) is 25.4. The van der Waals surface area contributed by atoms with E-state index in [0.717, 1.165) is 34.5 Å². The van der Waals surface area contributed by atoms with Gasteiger partial charge >= 0.3 is 6.18 Å². The summed E-state index contributed by atoms with van der Waals surface area (Å²) in [5, 5.41) is 6.45. The van der Waals surface area contributed by atoms with E-state index in [2.05, 4.69) is 15.6 Å². The molecule has 53 heavy (non-hydrogen) atoms. The first kappa shape index (κ1) is 40.4. The Morgan fingerprint density at radius 1 is 0.962 bits per heavy atom. The van der Waals surface area contributed by atoms with E-state index in [4.69, 9.17) is 23.1 Å². The number of hydrogen-bond acceptors (Lipinski definition) is 8. The second-order valence-electron chi connectivity index (χ2n) is 13.5. The van der Waals surface area contributed by atoms with Crippen LogP contribution in [0.25, 0.3) is 5.57 Å². The van der Waals surface area contributed by atoms with Gasteiger partial charge in [-0.2, -0.15) is 13.2 Å². The maximum atomic E-state index is 14.6. The van der Waals surface area contributed by atoms with Crippen LogP contribution in [0, 0.1) is 5.92 Å². The molecule has 1 aliphatic carbocycles. The molecule has 14 heteroatoms. The molecule has 3 aromatic rings. The van der Waals surface area contributed by atoms with E-state index in [1.807, 2.05) is 30.3 Å². The number of ketones is 1. The van der Waals surface area contributed by atoms with Crippen molar-refractivity contribution in [2.45, 2.75) is 92.6 Å². The Labute approximate surface area is 317 Å². The van der Waals surface area contributed by atoms with Crippen LogP contribution in [0.4, 0.5) is 13.2 Å². The van der Waals surface area contributed by atoms with Gasteiger partial charge in [-0.15, -0.1) is 0 Å². The number of pyridine rings is 1. The Bertz CT molecular complexity index is 1820. The van der Waals surface area contributed by atoms with E-state index in [1.165, 1.54) is 17.2 Å². The number of alkyl halides is 3. The largest absolute Gasteiger partial charge is 0.417 e. The quantitative estimate of drug-likeness (QED) is 0.186. The molecule has 2 amide bonds. The lowest BCUT2D eigenvalue weighted by Gasteiger charge is -2.32. The fourth-order valence-electron chi connectivity index (χ4n) is 6.92. The SMILES string of the molecule is CN1C(=O)[C@H](CCCCN)CC(=O)[C@H](CCCN)NCc2cccnc2Sc2c(C(F)(F)F)ccc(Cl)c2CNC(=O)[C@@H]1CC1=CCc2ccccc21. The number of hydrogen-bond donors (Lipinski definition) is 4. The number of Topliss-reactive ketones (excluding diaryl/α,β-unsaturated/α-hetero) is 1. The van der Waals surface area contributed by atoms with Crippen LogP contribution >= 0.6 is 23.4 Å². The molecule has 3 atom stereocenters. The molecule has 5 rings (SSSR count). The molecule has 0 fully saturated rings. The van der Waals surface area contributed by atoms with Gasteiger partial charge in [-0.3, -0.25) is 14.4 Å². The number of amides is 2. The average molecular weight is 771 g/mol. The zero-order valence-corrected chi connectivity index (χ0v) is 31.3. The molecular weight excluding hydrogens is 725 g/mol. The normalized spacial score (nSPS) is 20.3. The summed E-state index contributed by atoms with van der Waals surface area (Å²) >= 11 is 7.42. The number of carbonyl (C=O) groups excluding carboxylic acids is 3. The number of nitrogens with one attached hydrogen (secondary N) is 2. The van der Waals surface area contributed by atoms with Crippen molar-refractivity contribution >= 4 is 46.5 Å². The van der Waals surface area contributed by atoms with E-state index < -0.39 is 35.6 Å². The van der Waals surface area contributed by atoms with Gasteiger partial charge in [0.05, 0.1) is 11.6 Å². The lowest BCUT2D eigenvalue weighted by molar-refractivity contribution is -0.143. The summed E-state index contributed by atoms with van der Waals surface area (Å²) in [6, 6.07) is 11.6. The Morgan fingerprint density at radius 3 is 2.47 bits per heavy atom. The smallest absolute Gasteiger partial charge is 0.350 e. The number of halogens is 4. The van der Waals surface area contributed by atoms with Crippen molar-refractivity contribution in [3.63, 3.8) is 0 Å². The molecule has 2 aromatic carbocycles. The predicted molar refractivity (Wildman–Crippen MR) is 201 cm³/mol. The third-order valence-corrected chi connectivity index (χ3v) is 11.5. The highest BCUT2D eigenvalue weighted by atomic mass is 35.5. The number of unbranched alkanes of at least 4 members (excludes halogenated alkanes) is 1. The Hall–Kier alpha value is -3.75. The summed E-state index contributed by atoms with van der Waals surface area (Å²) in [6.07, 6.45) is 2.11. The zero-order chi connectivity index (χ0) is 38.1. The van der Waals surface area contributed by atoms with Crippen LogP contribution in [0.1, 0.15) is 72.8 Å². The number of allylic oxidation sites excluding steroid dienone is 1. The van der Waals surface area contributed by atoms with Crippen LogP contribution < -0.4 is 22.1 Å². The molecule has 0 saturated heterocycles. The van der Waals surface area contributed by atoms with Gasteiger partial charge in [0.2, 0.25) is 11.8 Å². The standard InChI is InChI=1S/C39H46ClF3N6O3S/c1-49-33(20-25-14-13-24-8-2-3-11-28(24)25)36(51)48-23-29-31(40)16-15-30(39(41,42)43)35(29)53-37-27(10-7-19-46-37)22-47-32(12-6-18-45)34(50)21-26(38(49)52)9-4-5-17-44/h2-3,7-8,10-11,14-16,19,26,32-33,47H,4-6,9,12-13,17-18,20-23,44-45H2,1H3,(H,48,51)/t26-,32+,33+/m1/s1. The van der Waals surface area contributed by atoms with E-state index in [9.17, 15) is 27.6 Å². The van der Waals surface area contributed by atoms with Gasteiger partial charge in [-0.05, 0) is 85.7 Å². The molecule has 9 nitrogen and oxygen atoms in total. The van der Waals surface area contributed by atoms with Gasteiger partial charge in [0.25, 0.3) is 0 Å². The molecule has 284 valence electrons. The lowest BCUT2D eigenvalue weighted by atomic mass is 9.90. The van der Waals surface area contributed by atoms with Crippen LogP contribution in [0.3, 0.4) is 0 Å². The third-order valence-electron chi connectivity index (χ3n) is 9.89. The van der Waals surface area contributed by atoms with Crippen molar-refractivity contribution in [2.24, 2.45) is 17.4 Å². The summed E-state index contributed by atoms with van der Waals surface area (Å²) < 4.78 is 43.7. The van der Waals surface area contributed by atoms with Crippen molar-refractivity contribution in [3.05, 3.63) is 93.6 Å². The van der Waals surface area contributed by atoms with Crippen molar-refractivity contribution in [2.75, 3.05) is 20.1 Å². The van der Waals surface area contributed by atoms with Gasteiger partial charge in [-0.1, -0.05) is 66.2 Å². The second-order valence-corrected chi connectivity index (χ2v) is 14.9. The van der Waals surface area contributed by atoms with E-state index in [0.29, 0.717) is 57.2 Å². The Kier molecular flexibility index (Phi) is 14.1. The number of nitrogens with zero attached hydrogens (tertiary/aromatic N) is 2. The summed E-state index contributed by atoms with van der Waals surface area (Å²) in [5.74, 6) is -1.85. The molecule has 0 radical (unpaired) electrons. The molecule has 0 spiro atoms. The molecule has 1 aromatic heterocycles. The number of nitrogens with two attached hydrogens (primary N) is 2. The van der Waals surface area contributed by atoms with Crippen LogP contribution in [0.2, 0.25) is 5.02 Å². The first-order valence-electron chi connectivity index (χ1n) is 17.9. The number of likely N-dealkylation sites (N-methyl/N-ethyl adjacent to an activating group) is 1. The van der Waals surface area contributed by atoms with E-state index in [-0.39, 0.29) is 58.1 Å². The van der Waals surface area contributed by atoms with E-state index >= 15 is 0 Å². The third kappa shape index (κ3) is 10.1. The molecule has 0 unspecified atom stereocenters. The molecule has 2 heterocycles. The van der Waals surface area contributed by atoms with Crippen LogP contribution in [0.15, 0.2) is 70.7 Å². The maximum absolute atomic E-state index is 14.6. The minimum atomic E-state index is -4.74. The van der Waals surface area contributed by atoms with Crippen LogP contribution in [0.5, 0.6) is 0 Å². The molecule has 0 saturated carbocycles. The molecule has 0 bridgehead atoms. The highest BCUT2D eigenvalue weighted by molar-refractivity contribution is 7.99. The molecule has 6 N–H and O–H groups in total. The molecular formula is C39H46ClF3N6O3S. The zero-order valence-electron chi connectivity index (χ0n) is 29.7. The lowest BCUT2D eigenvalue weighted by Crippen LogP contribution is -2.50. The number of rotatable bonds is 9. The van der Waals surface area contributed by atoms with Crippen molar-refractivity contribution in [3.8, 4) is 0 Å². The summed E-state index contributed by atoms with van der Waals surface area (Å²) in [4.78, 5) is 48.4. The van der Waals surface area contributed by atoms with Gasteiger partial charge in [-0.25, -0.2) is 4.98 Å². The van der Waals surface area contributed by atoms with Crippen molar-refractivity contribution < 1.29 is 27.6 Å². The van der Waals surface area contributed by atoms with Crippen molar-refractivity contribution in [1.82, 2.24) is 20.5 Å². The van der Waals surface area contributed by atoms with Crippen LogP contribution in [-0.4, -0.2) is 59.7 Å². The minimum Gasteiger partial charge on any atom is -0.350 e. The number of carbonyl (C=O) groups is 3. The summed E-state index contributed by atoms with van der Waals surface area (Å²) in [7, 11) is 1.55. The van der Waals surface area contributed by atoms with Crippen LogP contribution in [-0.2, 0) is 40.1 Å². The number of benzene rings is 2. The fourth-order valence-corrected chi connectivity index (χ4v) is 8.37. The van der Waals surface area contributed by atoms with Gasteiger partial charge in [0, 0.05) is 60.6 Å². The topological polar surface area (TPSA) is 143 Å². The number of aromatic nitrogens is 1. The van der Waals surface area contributed by atoms with Crippen molar-refractivity contribution in [1.29, 1.82) is 0 Å². The first-order valence-corrected chi connectivity index (χ1v) is 19.1. The summed E-state index contributed by atoms with van der Waals surface area (Å²) in [6.45, 7) is 0.553. The average Bonchev–Trinajstić information content (AvgIpc) is 3.55. The Morgan fingerprint density at radius 2 is 1.72 bits per heavy atom. The van der Waals surface area contributed by atoms with Gasteiger partial charge in [0.1, 0.15) is 11.1 Å². The maximum Gasteiger partial charge on any atom is 0.417 e. The molecule has 1 aliphatic heterocycles. The minimum absolute atomic E-state index is 0.0372. The van der Waals surface area contributed by atoms with Gasteiger partial charge < -0.3 is 27.0 Å². The predicted octanol–water partition coefficient (Wildman–Crippen LogP) is 6.29. The monoisotopic (exact) mass is 770 g/mol. The Balaban J connectivity index is 1.61. The summed E-state index contributed by atoms with van der Waals surface area (Å²) in [5.41, 5.74) is 14.3.